The molecule has 1 saturated heterocycles. The van der Waals surface area contributed by atoms with Gasteiger partial charge in [0.25, 0.3) is 0 Å². The summed E-state index contributed by atoms with van der Waals surface area (Å²) in [6.45, 7) is 2.09. The van der Waals surface area contributed by atoms with Crippen molar-refractivity contribution in [3.63, 3.8) is 0 Å². The van der Waals surface area contributed by atoms with E-state index in [2.05, 4.69) is 19.9 Å². The van der Waals surface area contributed by atoms with Crippen molar-refractivity contribution in [2.24, 2.45) is 0 Å². The predicted molar refractivity (Wildman–Crippen MR) is 78.2 cm³/mol. The molecule has 0 aliphatic carbocycles. The summed E-state index contributed by atoms with van der Waals surface area (Å²) in [6.07, 6.45) is 4.89. The van der Waals surface area contributed by atoms with Gasteiger partial charge in [-0.3, -0.25) is 4.79 Å². The van der Waals surface area contributed by atoms with E-state index < -0.39 is 0 Å². The first kappa shape index (κ1) is 11.4. The highest BCUT2D eigenvalue weighted by molar-refractivity contribution is 6.09. The number of benzene rings is 1. The number of nitrogens with one attached hydrogen (secondary N) is 1. The van der Waals surface area contributed by atoms with Gasteiger partial charge in [-0.05, 0) is 31.0 Å². The van der Waals surface area contributed by atoms with Crippen molar-refractivity contribution in [2.45, 2.75) is 12.8 Å². The van der Waals surface area contributed by atoms with Crippen LogP contribution in [0, 0.1) is 0 Å². The zero-order valence-electron chi connectivity index (χ0n) is 11.0. The topological polar surface area (TPSA) is 61.9 Å². The minimum atomic E-state index is 0.666. The molecule has 100 valence electrons. The van der Waals surface area contributed by atoms with E-state index in [1.54, 1.807) is 6.33 Å². The Morgan fingerprint density at radius 1 is 1.20 bits per heavy atom. The maximum Gasteiger partial charge on any atom is 0.156 e. The van der Waals surface area contributed by atoms with E-state index in [-0.39, 0.29) is 0 Å². The standard InChI is InChI=1S/C15H14N4O/c20-8-10-3-4-12-11(7-10)13-14(18-12)15(17-9-16-13)19-5-1-2-6-19/h3-4,7-9,18H,1-2,5-6H2. The van der Waals surface area contributed by atoms with Crippen molar-refractivity contribution in [3.8, 4) is 0 Å². The Kier molecular flexibility index (Phi) is 2.45. The lowest BCUT2D eigenvalue weighted by atomic mass is 10.1. The number of carbonyl (C=O) groups excluding carboxylic acids is 1. The maximum atomic E-state index is 10.9. The fourth-order valence-electron chi connectivity index (χ4n) is 2.94. The second-order valence-corrected chi connectivity index (χ2v) is 5.16. The SMILES string of the molecule is O=Cc1ccc2[nH]c3c(N4CCCC4)ncnc3c2c1. The molecule has 1 aliphatic rings. The van der Waals surface area contributed by atoms with Crippen molar-refractivity contribution in [3.05, 3.63) is 30.1 Å². The molecule has 5 nitrogen and oxygen atoms in total. The van der Waals surface area contributed by atoms with Crippen LogP contribution in [0.1, 0.15) is 23.2 Å². The van der Waals surface area contributed by atoms with Gasteiger partial charge in [0.2, 0.25) is 0 Å². The largest absolute Gasteiger partial charge is 0.355 e. The van der Waals surface area contributed by atoms with Crippen LogP contribution in [0.3, 0.4) is 0 Å². The fourth-order valence-corrected chi connectivity index (χ4v) is 2.94. The normalized spacial score (nSPS) is 15.3. The van der Waals surface area contributed by atoms with Crippen LogP contribution >= 0.6 is 0 Å². The molecule has 1 aliphatic heterocycles. The van der Waals surface area contributed by atoms with Crippen molar-refractivity contribution < 1.29 is 4.79 Å². The van der Waals surface area contributed by atoms with Gasteiger partial charge >= 0.3 is 0 Å². The number of aromatic amines is 1. The molecule has 20 heavy (non-hydrogen) atoms. The Morgan fingerprint density at radius 2 is 2.05 bits per heavy atom. The molecule has 1 fully saturated rings. The summed E-state index contributed by atoms with van der Waals surface area (Å²) in [7, 11) is 0. The first-order valence-corrected chi connectivity index (χ1v) is 6.83. The minimum absolute atomic E-state index is 0.666. The van der Waals surface area contributed by atoms with Crippen molar-refractivity contribution >= 4 is 34.0 Å². The molecular formula is C15H14N4O. The molecule has 1 aromatic carbocycles. The maximum absolute atomic E-state index is 10.9. The first-order chi connectivity index (χ1) is 9.86. The Hall–Kier alpha value is -2.43. The Labute approximate surface area is 115 Å². The molecule has 3 aromatic rings. The molecule has 0 atom stereocenters. The number of anilines is 1. The highest BCUT2D eigenvalue weighted by Gasteiger charge is 2.18. The quantitative estimate of drug-likeness (QED) is 0.724. The van der Waals surface area contributed by atoms with Crippen molar-refractivity contribution in [1.29, 1.82) is 0 Å². The van der Waals surface area contributed by atoms with E-state index in [9.17, 15) is 4.79 Å². The first-order valence-electron chi connectivity index (χ1n) is 6.83. The molecule has 0 spiro atoms. The van der Waals surface area contributed by atoms with Gasteiger partial charge in [-0.15, -0.1) is 0 Å². The third kappa shape index (κ3) is 1.59. The molecule has 0 unspecified atom stereocenters. The Balaban J connectivity index is 2.00. The second-order valence-electron chi connectivity index (χ2n) is 5.16. The summed E-state index contributed by atoms with van der Waals surface area (Å²) < 4.78 is 0. The lowest BCUT2D eigenvalue weighted by Crippen LogP contribution is -2.19. The lowest BCUT2D eigenvalue weighted by molar-refractivity contribution is 0.112. The average molecular weight is 266 g/mol. The summed E-state index contributed by atoms with van der Waals surface area (Å²) in [6, 6.07) is 5.62. The number of fused-ring (bicyclic) bond motifs is 3. The molecule has 5 heteroatoms. The summed E-state index contributed by atoms with van der Waals surface area (Å²) in [5.41, 5.74) is 3.51. The van der Waals surface area contributed by atoms with Gasteiger partial charge in [0, 0.05) is 29.6 Å². The number of aldehydes is 1. The van der Waals surface area contributed by atoms with Gasteiger partial charge in [0.15, 0.2) is 5.82 Å². The number of rotatable bonds is 2. The van der Waals surface area contributed by atoms with Crippen molar-refractivity contribution in [1.82, 2.24) is 15.0 Å². The van der Waals surface area contributed by atoms with Crippen LogP contribution in [-0.2, 0) is 0 Å². The summed E-state index contributed by atoms with van der Waals surface area (Å²) in [5, 5.41) is 0.979. The van der Waals surface area contributed by atoms with E-state index in [1.165, 1.54) is 12.8 Å². The van der Waals surface area contributed by atoms with E-state index in [1.807, 2.05) is 18.2 Å². The Morgan fingerprint density at radius 3 is 2.85 bits per heavy atom. The average Bonchev–Trinajstić information content (AvgIpc) is 3.13. The lowest BCUT2D eigenvalue weighted by Gasteiger charge is -2.16. The van der Waals surface area contributed by atoms with Gasteiger partial charge < -0.3 is 9.88 Å². The smallest absolute Gasteiger partial charge is 0.156 e. The van der Waals surface area contributed by atoms with E-state index in [0.717, 1.165) is 47.1 Å². The van der Waals surface area contributed by atoms with Crippen LogP contribution in [0.5, 0.6) is 0 Å². The summed E-state index contributed by atoms with van der Waals surface area (Å²) >= 11 is 0. The van der Waals surface area contributed by atoms with Gasteiger partial charge in [-0.1, -0.05) is 0 Å². The number of aromatic nitrogens is 3. The molecule has 0 saturated carbocycles. The molecule has 2 aromatic heterocycles. The van der Waals surface area contributed by atoms with Gasteiger partial charge in [-0.2, -0.15) is 0 Å². The number of hydrogen-bond donors (Lipinski definition) is 1. The summed E-state index contributed by atoms with van der Waals surface area (Å²) in [5.74, 6) is 0.969. The third-order valence-corrected chi connectivity index (χ3v) is 3.93. The highest BCUT2D eigenvalue weighted by Crippen LogP contribution is 2.30. The molecule has 0 bridgehead atoms. The molecule has 0 amide bonds. The van der Waals surface area contributed by atoms with Crippen LogP contribution in [0.2, 0.25) is 0 Å². The molecular weight excluding hydrogens is 252 g/mol. The molecule has 3 heterocycles. The number of carbonyl (C=O) groups is 1. The van der Waals surface area contributed by atoms with Gasteiger partial charge in [-0.25, -0.2) is 9.97 Å². The minimum Gasteiger partial charge on any atom is -0.355 e. The monoisotopic (exact) mass is 266 g/mol. The van der Waals surface area contributed by atoms with Gasteiger partial charge in [0.1, 0.15) is 23.6 Å². The second kappa shape index (κ2) is 4.30. The van der Waals surface area contributed by atoms with Crippen LogP contribution in [0.15, 0.2) is 24.5 Å². The zero-order chi connectivity index (χ0) is 13.5. The van der Waals surface area contributed by atoms with Crippen LogP contribution in [0.25, 0.3) is 21.9 Å². The van der Waals surface area contributed by atoms with Crippen LogP contribution < -0.4 is 4.90 Å². The fraction of sp³-hybridized carbons (Fsp3) is 0.267. The molecule has 1 N–H and O–H groups in total. The van der Waals surface area contributed by atoms with E-state index in [4.69, 9.17) is 0 Å². The third-order valence-electron chi connectivity index (χ3n) is 3.93. The predicted octanol–water partition coefficient (Wildman–Crippen LogP) is 2.52. The highest BCUT2D eigenvalue weighted by atomic mass is 16.1. The van der Waals surface area contributed by atoms with E-state index in [0.29, 0.717) is 5.56 Å². The number of nitrogens with zero attached hydrogens (tertiary/aromatic N) is 3. The Bertz CT molecular complexity index is 802. The summed E-state index contributed by atoms with van der Waals surface area (Å²) in [4.78, 5) is 25.4. The molecule has 4 rings (SSSR count). The van der Waals surface area contributed by atoms with Crippen LogP contribution in [0.4, 0.5) is 5.82 Å². The number of hydrogen-bond acceptors (Lipinski definition) is 4. The van der Waals surface area contributed by atoms with E-state index >= 15 is 0 Å². The van der Waals surface area contributed by atoms with Gasteiger partial charge in [0.05, 0.1) is 0 Å². The number of H-pyrrole nitrogens is 1. The zero-order valence-corrected chi connectivity index (χ0v) is 11.0. The van der Waals surface area contributed by atoms with Crippen LogP contribution in [-0.4, -0.2) is 34.3 Å². The van der Waals surface area contributed by atoms with Crippen molar-refractivity contribution in [2.75, 3.05) is 18.0 Å². The molecule has 0 radical (unpaired) electrons.